The Morgan fingerprint density at radius 1 is 1.92 bits per heavy atom. The van der Waals surface area contributed by atoms with E-state index in [4.69, 9.17) is 10.5 Å². The van der Waals surface area contributed by atoms with Crippen molar-refractivity contribution in [2.24, 2.45) is 0 Å². The van der Waals surface area contributed by atoms with Gasteiger partial charge in [0.05, 0.1) is 12.2 Å². The summed E-state index contributed by atoms with van der Waals surface area (Å²) in [6.45, 7) is 1.89. The quantitative estimate of drug-likeness (QED) is 0.236. The van der Waals surface area contributed by atoms with Crippen molar-refractivity contribution in [3.63, 3.8) is 0 Å². The average molecular weight is 173 g/mol. The smallest absolute Gasteiger partial charge is 0.357 e. The molecule has 0 aliphatic heterocycles. The number of aliphatic hydroxyl groups excluding tert-OH is 1. The van der Waals surface area contributed by atoms with Crippen molar-refractivity contribution in [1.29, 1.82) is 5.41 Å². The van der Waals surface area contributed by atoms with Crippen molar-refractivity contribution in [3.05, 3.63) is 22.4 Å². The summed E-state index contributed by atoms with van der Waals surface area (Å²) in [7, 11) is 0. The minimum Gasteiger partial charge on any atom is -0.392 e. The van der Waals surface area contributed by atoms with Crippen LogP contribution in [0.4, 0.5) is 0 Å². The summed E-state index contributed by atoms with van der Waals surface area (Å²) < 4.78 is 0. The fourth-order valence-corrected chi connectivity index (χ4v) is 0.437. The van der Waals surface area contributed by atoms with Crippen LogP contribution in [0.25, 0.3) is 0 Å². The van der Waals surface area contributed by atoms with Gasteiger partial charge in [-0.15, -0.1) is 0 Å². The molecule has 0 amide bonds. The Hall–Kier alpha value is -1.43. The predicted molar refractivity (Wildman–Crippen MR) is 43.5 cm³/mol. The van der Waals surface area contributed by atoms with Crippen molar-refractivity contribution in [2.45, 2.75) is 13.0 Å². The third-order valence-electron chi connectivity index (χ3n) is 0.969. The lowest BCUT2D eigenvalue weighted by molar-refractivity contribution is -0.349. The van der Waals surface area contributed by atoms with Crippen molar-refractivity contribution in [1.82, 2.24) is 5.32 Å². The van der Waals surface area contributed by atoms with E-state index in [1.807, 2.05) is 0 Å². The van der Waals surface area contributed by atoms with E-state index in [-0.39, 0.29) is 0 Å². The van der Waals surface area contributed by atoms with Crippen LogP contribution in [-0.4, -0.2) is 28.5 Å². The highest BCUT2D eigenvalue weighted by atomic mass is 16.6. The van der Waals surface area contributed by atoms with Gasteiger partial charge in [-0.1, -0.05) is 5.41 Å². The van der Waals surface area contributed by atoms with Gasteiger partial charge in [-0.25, -0.2) is 0 Å². The van der Waals surface area contributed by atoms with Crippen molar-refractivity contribution < 1.29 is 10.0 Å². The Balaban J connectivity index is 3.63. The first kappa shape index (κ1) is 10.6. The summed E-state index contributed by atoms with van der Waals surface area (Å²) >= 11 is 0. The van der Waals surface area contributed by atoms with Gasteiger partial charge in [-0.3, -0.25) is 0 Å². The van der Waals surface area contributed by atoms with Crippen LogP contribution >= 0.6 is 0 Å². The van der Waals surface area contributed by atoms with Crippen LogP contribution in [0.3, 0.4) is 0 Å². The molecule has 0 aromatic heterocycles. The van der Waals surface area contributed by atoms with E-state index >= 15 is 0 Å². The van der Waals surface area contributed by atoms with Gasteiger partial charge >= 0.3 is 5.84 Å². The molecule has 0 rings (SSSR count). The first-order valence-electron chi connectivity index (χ1n) is 3.35. The first-order valence-corrected chi connectivity index (χ1v) is 3.35. The molecule has 0 aromatic carbocycles. The molecule has 0 aliphatic rings. The maximum Gasteiger partial charge on any atom is 0.357 e. The maximum absolute atomic E-state index is 9.88. The third kappa shape index (κ3) is 5.36. The second-order valence-corrected chi connectivity index (χ2v) is 2.23. The zero-order valence-corrected chi connectivity index (χ0v) is 6.65. The maximum atomic E-state index is 9.88. The average Bonchev–Trinajstić information content (AvgIpc) is 1.97. The first-order chi connectivity index (χ1) is 5.54. The highest BCUT2D eigenvalue weighted by molar-refractivity contribution is 5.82. The summed E-state index contributed by atoms with van der Waals surface area (Å²) in [6, 6.07) is 0. The molecule has 0 saturated heterocycles. The van der Waals surface area contributed by atoms with E-state index in [9.17, 15) is 10.1 Å². The Morgan fingerprint density at radius 2 is 2.50 bits per heavy atom. The summed E-state index contributed by atoms with van der Waals surface area (Å²) in [5.41, 5.74) is 0. The van der Waals surface area contributed by atoms with Crippen LogP contribution in [0, 0.1) is 15.5 Å². The summed E-state index contributed by atoms with van der Waals surface area (Å²) in [6.07, 6.45) is 1.76. The predicted octanol–water partition coefficient (Wildman–Crippen LogP) is -0.276. The van der Waals surface area contributed by atoms with Gasteiger partial charge < -0.3 is 20.5 Å². The van der Waals surface area contributed by atoms with Crippen LogP contribution in [0.2, 0.25) is 0 Å². The number of hydrogen-bond acceptors (Lipinski definition) is 5. The van der Waals surface area contributed by atoms with Crippen molar-refractivity contribution in [2.75, 3.05) is 6.54 Å². The fourth-order valence-electron chi connectivity index (χ4n) is 0.437. The van der Waals surface area contributed by atoms with E-state index in [1.54, 1.807) is 6.92 Å². The van der Waals surface area contributed by atoms with Gasteiger partial charge in [0.2, 0.25) is 0 Å². The molecule has 0 saturated carbocycles. The normalized spacial score (nSPS) is 12.8. The molecular weight excluding hydrogens is 162 g/mol. The van der Waals surface area contributed by atoms with Crippen LogP contribution in [0.15, 0.2) is 12.3 Å². The molecule has 0 radical (unpaired) electrons. The van der Waals surface area contributed by atoms with Gasteiger partial charge in [-0.2, -0.15) is 0 Å². The van der Waals surface area contributed by atoms with Gasteiger partial charge in [0, 0.05) is 12.7 Å². The molecule has 0 spiro atoms. The van der Waals surface area contributed by atoms with Gasteiger partial charge in [-0.05, 0) is 11.8 Å². The van der Waals surface area contributed by atoms with Crippen molar-refractivity contribution in [3.8, 4) is 0 Å². The Bertz CT molecular complexity index is 200. The van der Waals surface area contributed by atoms with E-state index in [0.717, 1.165) is 6.08 Å². The molecule has 12 heavy (non-hydrogen) atoms. The molecule has 0 aliphatic carbocycles. The van der Waals surface area contributed by atoms with Crippen LogP contribution in [0.5, 0.6) is 0 Å². The third-order valence-corrected chi connectivity index (χ3v) is 0.969. The molecule has 0 fully saturated rings. The Kier molecular flexibility index (Phi) is 4.62. The second-order valence-electron chi connectivity index (χ2n) is 2.23. The monoisotopic (exact) mass is 173 g/mol. The zero-order chi connectivity index (χ0) is 9.56. The lowest BCUT2D eigenvalue weighted by atomic mass is 10.4. The molecule has 6 nitrogen and oxygen atoms in total. The Morgan fingerprint density at radius 3 is 2.92 bits per heavy atom. The zero-order valence-electron chi connectivity index (χ0n) is 6.65. The molecule has 1 atom stereocenters. The molecule has 6 heteroatoms. The number of rotatable bonds is 4. The van der Waals surface area contributed by atoms with Gasteiger partial charge in [0.1, 0.15) is 0 Å². The fraction of sp³-hybridized carbons (Fsp3) is 0.500. The lowest BCUT2D eigenvalue weighted by Crippen LogP contribution is -2.20. The van der Waals surface area contributed by atoms with Gasteiger partial charge in [0.25, 0.3) is 0 Å². The number of nitro groups is 1. The molecule has 0 unspecified atom stereocenters. The van der Waals surface area contributed by atoms with Crippen LogP contribution in [0.1, 0.15) is 6.92 Å². The SMILES string of the molecule is C[C@@H](O)CN/C=C\C(=N)[N+](=O)[O-]. The topological polar surface area (TPSA) is 99.2 Å². The minimum absolute atomic E-state index is 0.307. The number of amidine groups is 1. The van der Waals surface area contributed by atoms with E-state index in [1.165, 1.54) is 6.20 Å². The number of hydrogen-bond donors (Lipinski definition) is 3. The van der Waals surface area contributed by atoms with E-state index in [2.05, 4.69) is 5.32 Å². The summed E-state index contributed by atoms with van der Waals surface area (Å²) in [5.74, 6) is -0.687. The highest BCUT2D eigenvalue weighted by Gasteiger charge is 1.99. The molecule has 0 bridgehead atoms. The number of nitrogens with zero attached hydrogens (tertiary/aromatic N) is 1. The molecule has 68 valence electrons. The van der Waals surface area contributed by atoms with Crippen LogP contribution in [-0.2, 0) is 0 Å². The molecular formula is C6H11N3O3. The van der Waals surface area contributed by atoms with Crippen LogP contribution < -0.4 is 5.32 Å². The second kappa shape index (κ2) is 5.25. The summed E-state index contributed by atoms with van der Waals surface area (Å²) in [4.78, 5) is 9.07. The number of aliphatic hydroxyl groups is 1. The lowest BCUT2D eigenvalue weighted by Gasteiger charge is -2.01. The minimum atomic E-state index is -0.805. The largest absolute Gasteiger partial charge is 0.392 e. The standard InChI is InChI=1S/C6H11N3O3/c1-5(10)4-8-3-2-6(7)9(11)12/h2-3,5,7-8,10H,4H2,1H3/b3-2-,7-6?/t5-/m1/s1. The Labute approximate surface area is 69.6 Å². The highest BCUT2D eigenvalue weighted by Crippen LogP contribution is 1.78. The number of nitrogens with one attached hydrogen (secondary N) is 2. The van der Waals surface area contributed by atoms with E-state index < -0.39 is 16.9 Å². The molecule has 0 heterocycles. The van der Waals surface area contributed by atoms with E-state index in [0.29, 0.717) is 6.54 Å². The summed E-state index contributed by atoms with van der Waals surface area (Å²) in [5, 5.41) is 28.0. The van der Waals surface area contributed by atoms with Gasteiger partial charge in [0.15, 0.2) is 0 Å². The molecule has 3 N–H and O–H groups in total. The molecule has 0 aromatic rings. The van der Waals surface area contributed by atoms with Crippen molar-refractivity contribution >= 4 is 5.84 Å².